The molecule has 2 aliphatic rings. The fourth-order valence-electron chi connectivity index (χ4n) is 2.52. The van der Waals surface area contributed by atoms with Gasteiger partial charge in [0.25, 0.3) is 0 Å². The second kappa shape index (κ2) is 4.49. The van der Waals surface area contributed by atoms with Crippen LogP contribution in [0, 0.1) is 5.92 Å². The Hall–Kier alpha value is -1.36. The van der Waals surface area contributed by atoms with Crippen molar-refractivity contribution in [2.75, 3.05) is 30.7 Å². The van der Waals surface area contributed by atoms with Crippen LogP contribution in [0.4, 0.5) is 11.6 Å². The smallest absolute Gasteiger partial charge is 0.131 e. The molecule has 1 aromatic rings. The van der Waals surface area contributed by atoms with Crippen LogP contribution in [-0.2, 0) is 0 Å². The fourth-order valence-corrected chi connectivity index (χ4v) is 2.52. The van der Waals surface area contributed by atoms with Crippen LogP contribution in [0.5, 0.6) is 0 Å². The van der Waals surface area contributed by atoms with Gasteiger partial charge in [-0.25, -0.2) is 9.97 Å². The summed E-state index contributed by atoms with van der Waals surface area (Å²) in [5.41, 5.74) is 5.61. The molecular weight excluding hydrogens is 214 g/mol. The Bertz CT molecular complexity index is 390. The maximum atomic E-state index is 5.61. The van der Waals surface area contributed by atoms with E-state index in [2.05, 4.69) is 20.2 Å². The van der Waals surface area contributed by atoms with Gasteiger partial charge in [0.1, 0.15) is 18.0 Å². The summed E-state index contributed by atoms with van der Waals surface area (Å²) in [7, 11) is 0. The molecule has 0 amide bonds. The lowest BCUT2D eigenvalue weighted by molar-refractivity contribution is 0.316. The Labute approximate surface area is 101 Å². The Morgan fingerprint density at radius 3 is 3.00 bits per heavy atom. The Morgan fingerprint density at radius 2 is 2.24 bits per heavy atom. The molecule has 1 atom stereocenters. The average Bonchev–Trinajstić information content (AvgIpc) is 3.07. The number of nitrogens with zero attached hydrogens (tertiary/aromatic N) is 3. The maximum Gasteiger partial charge on any atom is 0.131 e. The highest BCUT2D eigenvalue weighted by molar-refractivity contribution is 5.43. The number of hydrogen-bond donors (Lipinski definition) is 2. The van der Waals surface area contributed by atoms with Gasteiger partial charge in [0, 0.05) is 25.2 Å². The summed E-state index contributed by atoms with van der Waals surface area (Å²) in [6, 6.07) is 2.68. The largest absolute Gasteiger partial charge is 0.384 e. The van der Waals surface area contributed by atoms with Crippen molar-refractivity contribution >= 4 is 11.6 Å². The summed E-state index contributed by atoms with van der Waals surface area (Å²) in [6.07, 6.45) is 5.61. The molecule has 3 N–H and O–H groups in total. The number of likely N-dealkylation sites (tertiary alicyclic amines) is 1. The number of rotatable bonds is 4. The third kappa shape index (κ3) is 2.66. The molecule has 17 heavy (non-hydrogen) atoms. The molecule has 1 aromatic heterocycles. The average molecular weight is 233 g/mol. The summed E-state index contributed by atoms with van der Waals surface area (Å²) >= 11 is 0. The van der Waals surface area contributed by atoms with E-state index >= 15 is 0 Å². The first-order chi connectivity index (χ1) is 8.31. The van der Waals surface area contributed by atoms with Gasteiger partial charge >= 0.3 is 0 Å². The molecule has 1 saturated heterocycles. The van der Waals surface area contributed by atoms with E-state index < -0.39 is 0 Å². The number of anilines is 2. The monoisotopic (exact) mass is 233 g/mol. The minimum atomic E-state index is 0.522. The van der Waals surface area contributed by atoms with Gasteiger partial charge in [-0.3, -0.25) is 0 Å². The molecule has 0 spiro atoms. The number of nitrogens with one attached hydrogen (secondary N) is 1. The highest BCUT2D eigenvalue weighted by Crippen LogP contribution is 2.31. The number of aromatic nitrogens is 2. The molecule has 1 unspecified atom stereocenters. The molecule has 5 nitrogen and oxygen atoms in total. The molecule has 1 aliphatic carbocycles. The first-order valence-electron chi connectivity index (χ1n) is 6.37. The van der Waals surface area contributed by atoms with Gasteiger partial charge in [0.05, 0.1) is 0 Å². The Morgan fingerprint density at radius 1 is 1.35 bits per heavy atom. The lowest BCUT2D eigenvalue weighted by Crippen LogP contribution is -2.24. The second-order valence-electron chi connectivity index (χ2n) is 5.09. The summed E-state index contributed by atoms with van der Waals surface area (Å²) < 4.78 is 0. The van der Waals surface area contributed by atoms with Crippen molar-refractivity contribution in [3.63, 3.8) is 0 Å². The molecule has 0 bridgehead atoms. The van der Waals surface area contributed by atoms with Crippen molar-refractivity contribution in [2.45, 2.75) is 25.3 Å². The van der Waals surface area contributed by atoms with Gasteiger partial charge in [-0.1, -0.05) is 0 Å². The minimum Gasteiger partial charge on any atom is -0.384 e. The molecule has 2 heterocycles. The first-order valence-corrected chi connectivity index (χ1v) is 6.37. The predicted molar refractivity (Wildman–Crippen MR) is 67.6 cm³/mol. The third-order valence-electron chi connectivity index (χ3n) is 3.64. The molecule has 0 radical (unpaired) electrons. The van der Waals surface area contributed by atoms with Gasteiger partial charge < -0.3 is 16.0 Å². The molecule has 0 aromatic carbocycles. The highest BCUT2D eigenvalue weighted by Gasteiger charge is 2.34. The number of nitrogens with two attached hydrogens (primary N) is 1. The van der Waals surface area contributed by atoms with E-state index in [1.807, 2.05) is 0 Å². The van der Waals surface area contributed by atoms with Crippen LogP contribution < -0.4 is 11.1 Å². The quantitative estimate of drug-likeness (QED) is 0.810. The van der Waals surface area contributed by atoms with Crippen LogP contribution in [-0.4, -0.2) is 40.5 Å². The van der Waals surface area contributed by atoms with Crippen molar-refractivity contribution in [1.82, 2.24) is 14.9 Å². The van der Waals surface area contributed by atoms with E-state index in [-0.39, 0.29) is 0 Å². The summed E-state index contributed by atoms with van der Waals surface area (Å²) in [4.78, 5) is 10.7. The van der Waals surface area contributed by atoms with Crippen LogP contribution in [0.25, 0.3) is 0 Å². The van der Waals surface area contributed by atoms with Crippen molar-refractivity contribution in [1.29, 1.82) is 0 Å². The molecule has 2 fully saturated rings. The standard InChI is InChI=1S/C12H19N5/c13-11-5-12(16-8-15-11)14-6-9-3-4-17(7-9)10-1-2-10/h5,8-10H,1-4,6-7H2,(H3,13,14,15,16). The maximum absolute atomic E-state index is 5.61. The van der Waals surface area contributed by atoms with Crippen molar-refractivity contribution in [3.8, 4) is 0 Å². The van der Waals surface area contributed by atoms with Crippen molar-refractivity contribution in [2.24, 2.45) is 5.92 Å². The zero-order valence-corrected chi connectivity index (χ0v) is 9.97. The normalized spacial score (nSPS) is 25.1. The van der Waals surface area contributed by atoms with E-state index in [0.29, 0.717) is 5.82 Å². The third-order valence-corrected chi connectivity index (χ3v) is 3.64. The Kier molecular flexibility index (Phi) is 2.84. The SMILES string of the molecule is Nc1cc(NCC2CCN(C3CC3)C2)ncn1. The van der Waals surface area contributed by atoms with E-state index in [0.717, 1.165) is 24.3 Å². The fraction of sp³-hybridized carbons (Fsp3) is 0.667. The summed E-state index contributed by atoms with van der Waals surface area (Å²) in [5.74, 6) is 2.10. The number of nitrogen functional groups attached to an aromatic ring is 1. The van der Waals surface area contributed by atoms with Gasteiger partial charge in [0.2, 0.25) is 0 Å². The molecule has 1 aliphatic heterocycles. The molecule has 3 rings (SSSR count). The van der Waals surface area contributed by atoms with Crippen molar-refractivity contribution in [3.05, 3.63) is 12.4 Å². The van der Waals surface area contributed by atoms with Crippen LogP contribution >= 0.6 is 0 Å². The molecular formula is C12H19N5. The highest BCUT2D eigenvalue weighted by atomic mass is 15.2. The molecule has 5 heteroatoms. The first kappa shape index (κ1) is 10.8. The van der Waals surface area contributed by atoms with Gasteiger partial charge in [0.15, 0.2) is 0 Å². The summed E-state index contributed by atoms with van der Waals surface area (Å²) in [6.45, 7) is 3.49. The minimum absolute atomic E-state index is 0.522. The summed E-state index contributed by atoms with van der Waals surface area (Å²) in [5, 5.41) is 3.35. The molecule has 92 valence electrons. The van der Waals surface area contributed by atoms with Crippen LogP contribution in [0.1, 0.15) is 19.3 Å². The molecule has 1 saturated carbocycles. The van der Waals surface area contributed by atoms with Gasteiger partial charge in [-0.2, -0.15) is 0 Å². The van der Waals surface area contributed by atoms with E-state index in [9.17, 15) is 0 Å². The topological polar surface area (TPSA) is 67.1 Å². The lowest BCUT2D eigenvalue weighted by Gasteiger charge is -2.15. The van der Waals surface area contributed by atoms with E-state index in [4.69, 9.17) is 5.73 Å². The van der Waals surface area contributed by atoms with Crippen LogP contribution in [0.15, 0.2) is 12.4 Å². The second-order valence-corrected chi connectivity index (χ2v) is 5.09. The van der Waals surface area contributed by atoms with E-state index in [1.54, 1.807) is 6.07 Å². The zero-order chi connectivity index (χ0) is 11.7. The van der Waals surface area contributed by atoms with E-state index in [1.165, 1.54) is 38.7 Å². The number of hydrogen-bond acceptors (Lipinski definition) is 5. The van der Waals surface area contributed by atoms with Crippen molar-refractivity contribution < 1.29 is 0 Å². The van der Waals surface area contributed by atoms with Gasteiger partial charge in [-0.15, -0.1) is 0 Å². The zero-order valence-electron chi connectivity index (χ0n) is 9.97. The predicted octanol–water partition coefficient (Wildman–Crippen LogP) is 0.955. The van der Waals surface area contributed by atoms with Crippen LogP contribution in [0.2, 0.25) is 0 Å². The lowest BCUT2D eigenvalue weighted by atomic mass is 10.1. The Balaban J connectivity index is 1.48. The van der Waals surface area contributed by atoms with Gasteiger partial charge in [-0.05, 0) is 31.7 Å². The van der Waals surface area contributed by atoms with Crippen LogP contribution in [0.3, 0.4) is 0 Å².